The molecule has 6 heteroatoms. The van der Waals surface area contributed by atoms with E-state index in [1.807, 2.05) is 33.0 Å². The van der Waals surface area contributed by atoms with Gasteiger partial charge in [0.25, 0.3) is 5.91 Å². The Morgan fingerprint density at radius 3 is 2.62 bits per heavy atom. The van der Waals surface area contributed by atoms with Gasteiger partial charge in [-0.15, -0.1) is 24.8 Å². The van der Waals surface area contributed by atoms with Crippen LogP contribution in [0.25, 0.3) is 10.9 Å². The molecule has 1 atom stereocenters. The predicted octanol–water partition coefficient (Wildman–Crippen LogP) is 3.60. The number of carbonyl (C=O) groups excluding carboxylic acids is 1. The van der Waals surface area contributed by atoms with Gasteiger partial charge in [-0.2, -0.15) is 0 Å². The molecule has 2 N–H and O–H groups in total. The molecule has 132 valence electrons. The van der Waals surface area contributed by atoms with Crippen LogP contribution in [0, 0.1) is 6.92 Å². The highest BCUT2D eigenvalue weighted by molar-refractivity contribution is 6.06. The molecule has 4 nitrogen and oxygen atoms in total. The SMILES string of the molecule is CNC(C)CNC(=O)c1cc(C2CC2)nc2ccc(C)cc12.Cl.Cl. The van der Waals surface area contributed by atoms with Crippen molar-refractivity contribution in [2.45, 2.75) is 38.6 Å². The maximum absolute atomic E-state index is 12.6. The molecule has 1 fully saturated rings. The van der Waals surface area contributed by atoms with Gasteiger partial charge in [-0.3, -0.25) is 9.78 Å². The van der Waals surface area contributed by atoms with Crippen molar-refractivity contribution in [3.8, 4) is 0 Å². The number of likely N-dealkylation sites (N-methyl/N-ethyl adjacent to an activating group) is 1. The predicted molar refractivity (Wildman–Crippen MR) is 104 cm³/mol. The van der Waals surface area contributed by atoms with Gasteiger partial charge in [-0.1, -0.05) is 11.6 Å². The second-order valence-corrected chi connectivity index (χ2v) is 6.29. The van der Waals surface area contributed by atoms with Crippen molar-refractivity contribution in [2.24, 2.45) is 0 Å². The molecular formula is C18H25Cl2N3O. The summed E-state index contributed by atoms with van der Waals surface area (Å²) >= 11 is 0. The van der Waals surface area contributed by atoms with Crippen molar-refractivity contribution in [3.05, 3.63) is 41.1 Å². The van der Waals surface area contributed by atoms with E-state index in [4.69, 9.17) is 4.98 Å². The fourth-order valence-corrected chi connectivity index (χ4v) is 2.58. The molecule has 1 aliphatic carbocycles. The first-order valence-electron chi connectivity index (χ1n) is 7.95. The smallest absolute Gasteiger partial charge is 0.252 e. The molecule has 1 aromatic heterocycles. The zero-order valence-corrected chi connectivity index (χ0v) is 15.9. The Bertz CT molecular complexity index is 717. The van der Waals surface area contributed by atoms with Crippen LogP contribution in [0.2, 0.25) is 0 Å². The summed E-state index contributed by atoms with van der Waals surface area (Å²) in [5.74, 6) is 0.524. The van der Waals surface area contributed by atoms with Gasteiger partial charge in [0, 0.05) is 29.6 Å². The fourth-order valence-electron chi connectivity index (χ4n) is 2.58. The number of amides is 1. The van der Waals surface area contributed by atoms with Gasteiger partial charge >= 0.3 is 0 Å². The van der Waals surface area contributed by atoms with Crippen molar-refractivity contribution in [2.75, 3.05) is 13.6 Å². The zero-order valence-electron chi connectivity index (χ0n) is 14.3. The van der Waals surface area contributed by atoms with E-state index in [1.165, 1.54) is 12.8 Å². The zero-order chi connectivity index (χ0) is 15.7. The molecule has 1 saturated carbocycles. The topological polar surface area (TPSA) is 54.0 Å². The van der Waals surface area contributed by atoms with E-state index in [0.29, 0.717) is 12.5 Å². The molecule has 24 heavy (non-hydrogen) atoms. The minimum absolute atomic E-state index is 0. The summed E-state index contributed by atoms with van der Waals surface area (Å²) in [6, 6.07) is 8.36. The van der Waals surface area contributed by atoms with Crippen LogP contribution in [0.1, 0.15) is 47.3 Å². The van der Waals surface area contributed by atoms with E-state index in [9.17, 15) is 4.79 Å². The van der Waals surface area contributed by atoms with Crippen molar-refractivity contribution < 1.29 is 4.79 Å². The lowest BCUT2D eigenvalue weighted by atomic mass is 10.0. The Kier molecular flexibility index (Phi) is 7.46. The highest BCUT2D eigenvalue weighted by atomic mass is 35.5. The molecule has 1 heterocycles. The van der Waals surface area contributed by atoms with Crippen molar-refractivity contribution in [1.29, 1.82) is 0 Å². The second kappa shape index (κ2) is 8.65. The van der Waals surface area contributed by atoms with Crippen LogP contribution >= 0.6 is 24.8 Å². The molecule has 0 bridgehead atoms. The van der Waals surface area contributed by atoms with E-state index in [-0.39, 0.29) is 36.8 Å². The lowest BCUT2D eigenvalue weighted by Crippen LogP contribution is -2.37. The van der Waals surface area contributed by atoms with Crippen LogP contribution in [0.3, 0.4) is 0 Å². The molecule has 2 aromatic rings. The Balaban J connectivity index is 0.00000144. The van der Waals surface area contributed by atoms with Crippen LogP contribution in [-0.4, -0.2) is 30.5 Å². The molecule has 1 aliphatic rings. The van der Waals surface area contributed by atoms with Crippen LogP contribution < -0.4 is 10.6 Å². The lowest BCUT2D eigenvalue weighted by Gasteiger charge is -2.13. The van der Waals surface area contributed by atoms with Gasteiger partial charge in [-0.25, -0.2) is 0 Å². The van der Waals surface area contributed by atoms with Gasteiger partial charge in [0.05, 0.1) is 11.1 Å². The quantitative estimate of drug-likeness (QED) is 0.846. The van der Waals surface area contributed by atoms with Crippen molar-refractivity contribution >= 4 is 41.6 Å². The van der Waals surface area contributed by atoms with E-state index in [2.05, 4.69) is 22.8 Å². The lowest BCUT2D eigenvalue weighted by molar-refractivity contribution is 0.0952. The maximum Gasteiger partial charge on any atom is 0.252 e. The summed E-state index contributed by atoms with van der Waals surface area (Å²) in [4.78, 5) is 17.4. The number of aromatic nitrogens is 1. The Hall–Kier alpha value is -1.36. The molecule has 0 saturated heterocycles. The Morgan fingerprint density at radius 1 is 1.29 bits per heavy atom. The number of hydrogen-bond donors (Lipinski definition) is 2. The highest BCUT2D eigenvalue weighted by Gasteiger charge is 2.27. The molecule has 1 unspecified atom stereocenters. The van der Waals surface area contributed by atoms with Gasteiger partial charge in [-0.05, 0) is 51.9 Å². The number of benzene rings is 1. The van der Waals surface area contributed by atoms with Crippen molar-refractivity contribution in [1.82, 2.24) is 15.6 Å². The number of nitrogens with zero attached hydrogens (tertiary/aromatic N) is 1. The number of fused-ring (bicyclic) bond motifs is 1. The van der Waals surface area contributed by atoms with Crippen LogP contribution in [0.5, 0.6) is 0 Å². The minimum atomic E-state index is -0.0120. The first-order chi connectivity index (χ1) is 10.6. The second-order valence-electron chi connectivity index (χ2n) is 6.29. The summed E-state index contributed by atoms with van der Waals surface area (Å²) in [7, 11) is 1.90. The third-order valence-corrected chi connectivity index (χ3v) is 4.29. The van der Waals surface area contributed by atoms with Gasteiger partial charge in [0.15, 0.2) is 0 Å². The number of hydrogen-bond acceptors (Lipinski definition) is 3. The van der Waals surface area contributed by atoms with Crippen LogP contribution in [0.4, 0.5) is 0 Å². The van der Waals surface area contributed by atoms with Gasteiger partial charge in [0.2, 0.25) is 0 Å². The van der Waals surface area contributed by atoms with Crippen molar-refractivity contribution in [3.63, 3.8) is 0 Å². The van der Waals surface area contributed by atoms with Crippen LogP contribution in [-0.2, 0) is 0 Å². The van der Waals surface area contributed by atoms with Crippen LogP contribution in [0.15, 0.2) is 24.3 Å². The fraction of sp³-hybridized carbons (Fsp3) is 0.444. The van der Waals surface area contributed by atoms with E-state index in [0.717, 1.165) is 27.7 Å². The Morgan fingerprint density at radius 2 is 2.00 bits per heavy atom. The summed E-state index contributed by atoms with van der Waals surface area (Å²) < 4.78 is 0. The number of nitrogens with one attached hydrogen (secondary N) is 2. The normalized spacial score (nSPS) is 14.5. The monoisotopic (exact) mass is 369 g/mol. The third-order valence-electron chi connectivity index (χ3n) is 4.29. The third kappa shape index (κ3) is 4.59. The molecule has 3 rings (SSSR count). The summed E-state index contributed by atoms with van der Waals surface area (Å²) in [5, 5.41) is 7.09. The number of aryl methyl sites for hydroxylation is 1. The number of halogens is 2. The summed E-state index contributed by atoms with van der Waals surface area (Å²) in [6.07, 6.45) is 2.37. The summed E-state index contributed by atoms with van der Waals surface area (Å²) in [5.41, 5.74) is 3.87. The largest absolute Gasteiger partial charge is 0.350 e. The number of pyridine rings is 1. The molecule has 0 radical (unpaired) electrons. The minimum Gasteiger partial charge on any atom is -0.350 e. The van der Waals surface area contributed by atoms with E-state index >= 15 is 0 Å². The first kappa shape index (κ1) is 20.7. The highest BCUT2D eigenvalue weighted by Crippen LogP contribution is 2.40. The molecular weight excluding hydrogens is 345 g/mol. The number of carbonyl (C=O) groups is 1. The molecule has 0 aliphatic heterocycles. The average molecular weight is 370 g/mol. The Labute approximate surface area is 155 Å². The maximum atomic E-state index is 12.6. The molecule has 1 amide bonds. The molecule has 1 aromatic carbocycles. The molecule has 0 spiro atoms. The first-order valence-corrected chi connectivity index (χ1v) is 7.95. The summed E-state index contributed by atoms with van der Waals surface area (Å²) in [6.45, 7) is 4.70. The average Bonchev–Trinajstić information content (AvgIpc) is 3.36. The van der Waals surface area contributed by atoms with Gasteiger partial charge < -0.3 is 10.6 Å². The van der Waals surface area contributed by atoms with E-state index in [1.54, 1.807) is 0 Å². The van der Waals surface area contributed by atoms with E-state index < -0.39 is 0 Å². The van der Waals surface area contributed by atoms with Gasteiger partial charge in [0.1, 0.15) is 0 Å². The number of rotatable bonds is 5. The standard InChI is InChI=1S/C18H23N3O.2ClH/c1-11-4-7-16-14(8-11)15(9-17(21-16)13-5-6-13)18(22)20-10-12(2)19-3;;/h4,7-9,12-13,19H,5-6,10H2,1-3H3,(H,20,22);2*1H.